The van der Waals surface area contributed by atoms with Gasteiger partial charge in [0.05, 0.1) is 5.75 Å². The zero-order chi connectivity index (χ0) is 13.8. The number of nitrogens with zero attached hydrogens (tertiary/aromatic N) is 5. The molecule has 19 heavy (non-hydrogen) atoms. The second-order valence-electron chi connectivity index (χ2n) is 3.58. The smallest absolute Gasteiger partial charge is 0.227 e. The number of thioether (sulfide) groups is 2. The first-order chi connectivity index (χ1) is 9.08. The van der Waals surface area contributed by atoms with Gasteiger partial charge in [0, 0.05) is 11.8 Å². The number of carbonyl (C=O) groups excluding carboxylic acids is 1. The monoisotopic (exact) mass is 296 g/mol. The highest BCUT2D eigenvalue weighted by Gasteiger charge is 2.08. The molecule has 0 aliphatic rings. The van der Waals surface area contributed by atoms with Crippen molar-refractivity contribution in [3.05, 3.63) is 18.1 Å². The molecule has 2 aromatic heterocycles. The highest BCUT2D eigenvalue weighted by molar-refractivity contribution is 7.99. The Bertz CT molecular complexity index is 599. The Hall–Kier alpha value is -1.61. The van der Waals surface area contributed by atoms with Gasteiger partial charge in [0.15, 0.2) is 11.0 Å². The molecule has 0 fully saturated rings. The molecule has 0 unspecified atom stereocenters. The van der Waals surface area contributed by atoms with E-state index in [9.17, 15) is 4.79 Å². The Morgan fingerprint density at radius 2 is 2.21 bits per heavy atom. The van der Waals surface area contributed by atoms with E-state index in [1.54, 1.807) is 11.0 Å². The summed E-state index contributed by atoms with van der Waals surface area (Å²) in [6.07, 6.45) is 3.46. The zero-order valence-corrected chi connectivity index (χ0v) is 12.0. The van der Waals surface area contributed by atoms with Crippen LogP contribution < -0.4 is 5.73 Å². The minimum Gasteiger partial charge on any atom is -0.369 e. The number of carbonyl (C=O) groups is 1. The Balaban J connectivity index is 2.22. The summed E-state index contributed by atoms with van der Waals surface area (Å²) < 4.78 is 1.55. The van der Waals surface area contributed by atoms with Crippen LogP contribution in [0.15, 0.2) is 22.7 Å². The van der Waals surface area contributed by atoms with E-state index in [0.29, 0.717) is 16.1 Å². The molecule has 0 saturated heterocycles. The summed E-state index contributed by atoms with van der Waals surface area (Å²) in [7, 11) is 0. The largest absolute Gasteiger partial charge is 0.369 e. The van der Waals surface area contributed by atoms with Crippen molar-refractivity contribution >= 4 is 29.4 Å². The molecule has 0 atom stereocenters. The molecule has 0 bridgehead atoms. The lowest BCUT2D eigenvalue weighted by Gasteiger charge is -2.02. The first-order valence-electron chi connectivity index (χ1n) is 5.31. The third kappa shape index (κ3) is 3.67. The van der Waals surface area contributed by atoms with E-state index in [0.717, 1.165) is 5.69 Å². The lowest BCUT2D eigenvalue weighted by molar-refractivity contribution is -0.115. The fraction of sp³-hybridized carbons (Fsp3) is 0.300. The first kappa shape index (κ1) is 13.8. The van der Waals surface area contributed by atoms with Crippen LogP contribution in [0, 0.1) is 6.92 Å². The predicted molar refractivity (Wildman–Crippen MR) is 73.4 cm³/mol. The number of aryl methyl sites for hydroxylation is 1. The van der Waals surface area contributed by atoms with Gasteiger partial charge in [-0.1, -0.05) is 23.5 Å². The SMILES string of the molecule is CSc1nc(C)cc(-n2cnc(SCC(N)=O)n2)n1. The molecule has 100 valence electrons. The van der Waals surface area contributed by atoms with Crippen LogP contribution in [0.3, 0.4) is 0 Å². The molecule has 0 saturated carbocycles. The van der Waals surface area contributed by atoms with Gasteiger partial charge in [-0.05, 0) is 13.2 Å². The average Bonchev–Trinajstić information content (AvgIpc) is 2.84. The summed E-state index contributed by atoms with van der Waals surface area (Å²) >= 11 is 2.65. The average molecular weight is 296 g/mol. The molecule has 2 aromatic rings. The summed E-state index contributed by atoms with van der Waals surface area (Å²) in [5.41, 5.74) is 5.93. The van der Waals surface area contributed by atoms with Gasteiger partial charge < -0.3 is 5.73 Å². The summed E-state index contributed by atoms with van der Waals surface area (Å²) in [6, 6.07) is 1.82. The Morgan fingerprint density at radius 1 is 1.42 bits per heavy atom. The third-order valence-corrected chi connectivity index (χ3v) is 3.47. The van der Waals surface area contributed by atoms with Crippen molar-refractivity contribution in [2.24, 2.45) is 5.73 Å². The van der Waals surface area contributed by atoms with Crippen LogP contribution in [0.1, 0.15) is 5.69 Å². The minimum atomic E-state index is -0.399. The highest BCUT2D eigenvalue weighted by Crippen LogP contribution is 2.15. The van der Waals surface area contributed by atoms with Gasteiger partial charge in [-0.15, -0.1) is 5.10 Å². The van der Waals surface area contributed by atoms with Crippen molar-refractivity contribution in [2.45, 2.75) is 17.2 Å². The fourth-order valence-corrected chi connectivity index (χ4v) is 2.25. The van der Waals surface area contributed by atoms with E-state index < -0.39 is 5.91 Å². The van der Waals surface area contributed by atoms with Crippen LogP contribution in [0.5, 0.6) is 0 Å². The van der Waals surface area contributed by atoms with Gasteiger partial charge in [-0.2, -0.15) is 0 Å². The van der Waals surface area contributed by atoms with Gasteiger partial charge in [-0.3, -0.25) is 4.79 Å². The van der Waals surface area contributed by atoms with Crippen molar-refractivity contribution in [1.29, 1.82) is 0 Å². The van der Waals surface area contributed by atoms with Crippen LogP contribution in [0.25, 0.3) is 5.82 Å². The Kier molecular flexibility index (Phi) is 4.38. The van der Waals surface area contributed by atoms with Gasteiger partial charge in [0.2, 0.25) is 11.1 Å². The molecule has 9 heteroatoms. The molecule has 2 heterocycles. The molecule has 0 spiro atoms. The van der Waals surface area contributed by atoms with E-state index in [1.807, 2.05) is 19.2 Å². The van der Waals surface area contributed by atoms with E-state index >= 15 is 0 Å². The van der Waals surface area contributed by atoms with Crippen molar-refractivity contribution in [2.75, 3.05) is 12.0 Å². The number of primary amides is 1. The maximum atomic E-state index is 10.7. The van der Waals surface area contributed by atoms with Gasteiger partial charge in [-0.25, -0.2) is 19.6 Å². The maximum Gasteiger partial charge on any atom is 0.227 e. The normalized spacial score (nSPS) is 10.6. The number of hydrogen-bond acceptors (Lipinski definition) is 7. The van der Waals surface area contributed by atoms with E-state index in [1.165, 1.54) is 23.5 Å². The summed E-state index contributed by atoms with van der Waals surface area (Å²) in [4.78, 5) is 23.4. The third-order valence-electron chi connectivity index (χ3n) is 2.05. The van der Waals surface area contributed by atoms with Crippen LogP contribution in [0.2, 0.25) is 0 Å². The van der Waals surface area contributed by atoms with Crippen LogP contribution >= 0.6 is 23.5 Å². The zero-order valence-electron chi connectivity index (χ0n) is 10.4. The number of hydrogen-bond donors (Lipinski definition) is 1. The Morgan fingerprint density at radius 3 is 2.89 bits per heavy atom. The summed E-state index contributed by atoms with van der Waals surface area (Å²) in [5.74, 6) is 0.405. The Labute approximate surface area is 118 Å². The standard InChI is InChI=1S/C10H12N6OS2/c1-6-3-8(14-10(13-6)18-2)16-5-12-9(15-16)19-4-7(11)17/h3,5H,4H2,1-2H3,(H2,11,17). The second kappa shape index (κ2) is 6.02. The first-order valence-corrected chi connectivity index (χ1v) is 7.52. The molecular formula is C10H12N6OS2. The van der Waals surface area contributed by atoms with Gasteiger partial charge in [0.1, 0.15) is 6.33 Å². The molecule has 0 radical (unpaired) electrons. The van der Waals surface area contributed by atoms with Crippen LogP contribution in [-0.4, -0.2) is 42.6 Å². The van der Waals surface area contributed by atoms with Gasteiger partial charge >= 0.3 is 0 Å². The molecule has 0 aliphatic carbocycles. The van der Waals surface area contributed by atoms with Gasteiger partial charge in [0.25, 0.3) is 0 Å². The summed E-state index contributed by atoms with van der Waals surface area (Å²) in [5, 5.41) is 5.39. The van der Waals surface area contributed by atoms with Crippen LogP contribution in [0.4, 0.5) is 0 Å². The molecule has 2 N–H and O–H groups in total. The summed E-state index contributed by atoms with van der Waals surface area (Å²) in [6.45, 7) is 1.89. The van der Waals surface area contributed by atoms with E-state index in [2.05, 4.69) is 20.1 Å². The minimum absolute atomic E-state index is 0.156. The molecule has 2 rings (SSSR count). The predicted octanol–water partition coefficient (Wildman–Crippen LogP) is 0.665. The van der Waals surface area contributed by atoms with Crippen LogP contribution in [-0.2, 0) is 4.79 Å². The molecule has 0 aliphatic heterocycles. The number of nitrogens with two attached hydrogens (primary N) is 1. The molecule has 0 aromatic carbocycles. The van der Waals surface area contributed by atoms with E-state index in [4.69, 9.17) is 5.73 Å². The topological polar surface area (TPSA) is 99.6 Å². The lowest BCUT2D eigenvalue weighted by Crippen LogP contribution is -2.13. The van der Waals surface area contributed by atoms with Crippen molar-refractivity contribution in [3.63, 3.8) is 0 Å². The highest BCUT2D eigenvalue weighted by atomic mass is 32.2. The maximum absolute atomic E-state index is 10.7. The quantitative estimate of drug-likeness (QED) is 0.639. The molecule has 7 nitrogen and oxygen atoms in total. The number of amides is 1. The number of rotatable bonds is 5. The molecular weight excluding hydrogens is 284 g/mol. The van der Waals surface area contributed by atoms with Crippen molar-refractivity contribution in [3.8, 4) is 5.82 Å². The lowest BCUT2D eigenvalue weighted by atomic mass is 10.4. The van der Waals surface area contributed by atoms with Crippen molar-refractivity contribution < 1.29 is 4.79 Å². The van der Waals surface area contributed by atoms with E-state index in [-0.39, 0.29) is 5.75 Å². The molecule has 1 amide bonds. The second-order valence-corrected chi connectivity index (χ2v) is 5.30. The van der Waals surface area contributed by atoms with Crippen molar-refractivity contribution in [1.82, 2.24) is 24.7 Å². The fourth-order valence-electron chi connectivity index (χ4n) is 1.29. The number of aromatic nitrogens is 5.